The topological polar surface area (TPSA) is 42.4 Å². The molecule has 2 aromatic carbocycles. The summed E-state index contributed by atoms with van der Waals surface area (Å²) in [6.07, 6.45) is 5.26. The lowest BCUT2D eigenvalue weighted by molar-refractivity contribution is 0.0968. The Morgan fingerprint density at radius 1 is 0.903 bits per heavy atom. The highest BCUT2D eigenvalue weighted by atomic mass is 19.1. The van der Waals surface area contributed by atoms with E-state index in [1.807, 2.05) is 36.4 Å². The van der Waals surface area contributed by atoms with Gasteiger partial charge in [-0.15, -0.1) is 0 Å². The smallest absolute Gasteiger partial charge is 0.181 e. The summed E-state index contributed by atoms with van der Waals surface area (Å²) >= 11 is 0. The quantitative estimate of drug-likeness (QED) is 0.413. The van der Waals surface area contributed by atoms with Gasteiger partial charge < -0.3 is 9.64 Å². The van der Waals surface area contributed by atoms with Gasteiger partial charge in [0.05, 0.1) is 5.69 Å². The van der Waals surface area contributed by atoms with E-state index in [4.69, 9.17) is 4.74 Å². The molecule has 1 aliphatic heterocycles. The van der Waals surface area contributed by atoms with Gasteiger partial charge in [0.1, 0.15) is 23.0 Å². The average Bonchev–Trinajstić information content (AvgIpc) is 2.82. The normalized spacial score (nSPS) is 14.4. The molecule has 160 valence electrons. The second-order valence-corrected chi connectivity index (χ2v) is 7.92. The molecule has 1 fully saturated rings. The van der Waals surface area contributed by atoms with Gasteiger partial charge in [-0.3, -0.25) is 4.79 Å². The van der Waals surface area contributed by atoms with Crippen molar-refractivity contribution in [3.8, 4) is 22.8 Å². The molecule has 4 nitrogen and oxygen atoms in total. The Kier molecular flexibility index (Phi) is 7.05. The number of Topliss-reactive ketones (excluding diaryl/α,β-unsaturated/α-hetero) is 1. The Bertz CT molecular complexity index is 997. The Morgan fingerprint density at radius 2 is 1.58 bits per heavy atom. The number of carbonyl (C=O) groups excluding carboxylic acids is 1. The molecule has 0 amide bonds. The van der Waals surface area contributed by atoms with E-state index in [1.54, 1.807) is 18.2 Å². The molecule has 0 atom stereocenters. The molecular weight excluding hydrogens is 391 g/mol. The first-order chi connectivity index (χ1) is 15.2. The number of benzene rings is 2. The fourth-order valence-electron chi connectivity index (χ4n) is 3.86. The van der Waals surface area contributed by atoms with Crippen LogP contribution in [0.15, 0.2) is 66.7 Å². The number of nitrogens with zero attached hydrogens (tertiary/aromatic N) is 2. The Hall–Kier alpha value is -3.05. The van der Waals surface area contributed by atoms with Gasteiger partial charge in [-0.1, -0.05) is 12.5 Å². The van der Waals surface area contributed by atoms with Crippen LogP contribution in [0.1, 0.15) is 42.6 Å². The van der Waals surface area contributed by atoms with Gasteiger partial charge in [-0.2, -0.15) is 0 Å². The zero-order valence-electron chi connectivity index (χ0n) is 17.6. The predicted molar refractivity (Wildman–Crippen MR) is 120 cm³/mol. The average molecular weight is 419 g/mol. The van der Waals surface area contributed by atoms with Crippen molar-refractivity contribution >= 4 is 5.78 Å². The van der Waals surface area contributed by atoms with E-state index in [-0.39, 0.29) is 11.6 Å². The maximum Gasteiger partial charge on any atom is 0.181 e. The molecule has 2 heterocycles. The maximum atomic E-state index is 13.0. The van der Waals surface area contributed by atoms with Crippen LogP contribution in [-0.2, 0) is 0 Å². The number of ether oxygens (including phenoxy) is 1. The number of carbonyl (C=O) groups is 1. The van der Waals surface area contributed by atoms with E-state index in [1.165, 1.54) is 31.4 Å². The third-order valence-electron chi connectivity index (χ3n) is 5.56. The van der Waals surface area contributed by atoms with Gasteiger partial charge in [-0.05, 0) is 99.6 Å². The monoisotopic (exact) mass is 418 g/mol. The summed E-state index contributed by atoms with van der Waals surface area (Å²) in [6, 6.07) is 19.0. The lowest BCUT2D eigenvalue weighted by Gasteiger charge is -2.26. The highest BCUT2D eigenvalue weighted by Gasteiger charge is 2.13. The fraction of sp³-hybridized carbons (Fsp3) is 0.308. The lowest BCUT2D eigenvalue weighted by Crippen LogP contribution is -2.30. The molecule has 0 spiro atoms. The van der Waals surface area contributed by atoms with Crippen LogP contribution < -0.4 is 4.74 Å². The Morgan fingerprint density at radius 3 is 2.29 bits per heavy atom. The van der Waals surface area contributed by atoms with Crippen LogP contribution in [0.25, 0.3) is 11.3 Å². The number of hydrogen-bond acceptors (Lipinski definition) is 4. The first-order valence-electron chi connectivity index (χ1n) is 10.9. The highest BCUT2D eigenvalue weighted by molar-refractivity contribution is 5.94. The summed E-state index contributed by atoms with van der Waals surface area (Å²) in [5.41, 5.74) is 2.19. The van der Waals surface area contributed by atoms with E-state index in [0.29, 0.717) is 23.6 Å². The molecule has 0 radical (unpaired) electrons. The molecule has 3 aromatic rings. The molecule has 5 heteroatoms. The first kappa shape index (κ1) is 21.2. The van der Waals surface area contributed by atoms with Gasteiger partial charge in [0.15, 0.2) is 5.78 Å². The summed E-state index contributed by atoms with van der Waals surface area (Å²) in [6.45, 7) is 3.30. The van der Waals surface area contributed by atoms with Crippen LogP contribution >= 0.6 is 0 Å². The summed E-state index contributed by atoms with van der Waals surface area (Å²) in [7, 11) is 0. The van der Waals surface area contributed by atoms with Gasteiger partial charge in [0.25, 0.3) is 0 Å². The molecule has 0 unspecified atom stereocenters. The van der Waals surface area contributed by atoms with E-state index in [9.17, 15) is 9.18 Å². The molecule has 0 N–H and O–H groups in total. The van der Waals surface area contributed by atoms with Crippen molar-refractivity contribution in [1.82, 2.24) is 9.88 Å². The maximum absolute atomic E-state index is 13.0. The second-order valence-electron chi connectivity index (χ2n) is 7.92. The largest absolute Gasteiger partial charge is 0.457 e. The van der Waals surface area contributed by atoms with Crippen molar-refractivity contribution in [3.63, 3.8) is 0 Å². The van der Waals surface area contributed by atoms with Crippen molar-refractivity contribution in [2.24, 2.45) is 0 Å². The molecule has 4 rings (SSSR count). The predicted octanol–water partition coefficient (Wildman–Crippen LogP) is 6.13. The van der Waals surface area contributed by atoms with E-state index >= 15 is 0 Å². The van der Waals surface area contributed by atoms with Crippen LogP contribution in [0.5, 0.6) is 11.5 Å². The third kappa shape index (κ3) is 5.98. The van der Waals surface area contributed by atoms with Gasteiger partial charge in [-0.25, -0.2) is 9.37 Å². The minimum Gasteiger partial charge on any atom is -0.457 e. The van der Waals surface area contributed by atoms with Crippen LogP contribution in [-0.4, -0.2) is 35.3 Å². The fourth-order valence-corrected chi connectivity index (χ4v) is 3.86. The zero-order valence-corrected chi connectivity index (χ0v) is 17.6. The van der Waals surface area contributed by atoms with Crippen molar-refractivity contribution in [3.05, 3.63) is 78.2 Å². The van der Waals surface area contributed by atoms with E-state index in [2.05, 4.69) is 9.88 Å². The third-order valence-corrected chi connectivity index (χ3v) is 5.56. The standard InChI is InChI=1S/C26H27FN2O2/c27-21-11-15-23(16-12-21)31-22-13-9-20(10-14-22)24-6-4-7-25(28-24)26(30)8-5-19-29-17-2-1-3-18-29/h4,6-7,9-16H,1-3,5,8,17-19H2. The molecule has 0 bridgehead atoms. The number of halogens is 1. The van der Waals surface area contributed by atoms with Crippen LogP contribution in [0.2, 0.25) is 0 Å². The Balaban J connectivity index is 1.35. The highest BCUT2D eigenvalue weighted by Crippen LogP contribution is 2.25. The molecular formula is C26H27FN2O2. The van der Waals surface area contributed by atoms with Crippen molar-refractivity contribution in [2.75, 3.05) is 19.6 Å². The van der Waals surface area contributed by atoms with Crippen molar-refractivity contribution in [1.29, 1.82) is 0 Å². The zero-order chi connectivity index (χ0) is 21.5. The van der Waals surface area contributed by atoms with Gasteiger partial charge in [0, 0.05) is 12.0 Å². The van der Waals surface area contributed by atoms with E-state index < -0.39 is 0 Å². The lowest BCUT2D eigenvalue weighted by atomic mass is 10.1. The molecule has 0 saturated carbocycles. The summed E-state index contributed by atoms with van der Waals surface area (Å²) in [4.78, 5) is 19.7. The van der Waals surface area contributed by atoms with Crippen LogP contribution in [0.4, 0.5) is 4.39 Å². The number of likely N-dealkylation sites (tertiary alicyclic amines) is 1. The number of aromatic nitrogens is 1. The molecule has 31 heavy (non-hydrogen) atoms. The van der Waals surface area contributed by atoms with Crippen molar-refractivity contribution < 1.29 is 13.9 Å². The SMILES string of the molecule is O=C(CCCN1CCCCC1)c1cccc(-c2ccc(Oc3ccc(F)cc3)cc2)n1. The van der Waals surface area contributed by atoms with Gasteiger partial charge in [0.2, 0.25) is 0 Å². The minimum absolute atomic E-state index is 0.0927. The van der Waals surface area contributed by atoms with E-state index in [0.717, 1.165) is 37.3 Å². The molecule has 1 aliphatic rings. The van der Waals surface area contributed by atoms with Crippen LogP contribution in [0.3, 0.4) is 0 Å². The van der Waals surface area contributed by atoms with Gasteiger partial charge >= 0.3 is 0 Å². The number of pyridine rings is 1. The molecule has 1 aromatic heterocycles. The summed E-state index contributed by atoms with van der Waals surface area (Å²) in [5.74, 6) is 1.02. The summed E-state index contributed by atoms with van der Waals surface area (Å²) in [5, 5.41) is 0. The van der Waals surface area contributed by atoms with Crippen LogP contribution in [0, 0.1) is 5.82 Å². The molecule has 1 saturated heterocycles. The second kappa shape index (κ2) is 10.3. The first-order valence-corrected chi connectivity index (χ1v) is 10.9. The summed E-state index contributed by atoms with van der Waals surface area (Å²) < 4.78 is 18.8. The number of hydrogen-bond donors (Lipinski definition) is 0. The Labute approximate surface area is 182 Å². The number of piperidine rings is 1. The van der Waals surface area contributed by atoms with Crippen molar-refractivity contribution in [2.45, 2.75) is 32.1 Å². The number of ketones is 1. The number of rotatable bonds is 8. The molecule has 0 aliphatic carbocycles. The minimum atomic E-state index is -0.297.